The van der Waals surface area contributed by atoms with Crippen LogP contribution in [0, 0.1) is 12.7 Å². The van der Waals surface area contributed by atoms with Gasteiger partial charge >= 0.3 is 0 Å². The largest absolute Gasteiger partial charge is 0.333 e. The van der Waals surface area contributed by atoms with Crippen LogP contribution < -0.4 is 0 Å². The molecule has 0 aliphatic carbocycles. The minimum atomic E-state index is -0.319. The number of fused-ring (bicyclic) bond motifs is 2. The lowest BCUT2D eigenvalue weighted by Gasteiger charge is -2.39. The van der Waals surface area contributed by atoms with E-state index >= 15 is 0 Å². The highest BCUT2D eigenvalue weighted by atomic mass is 19.1. The summed E-state index contributed by atoms with van der Waals surface area (Å²) in [6, 6.07) is 5.43. The molecule has 2 unspecified atom stereocenters. The molecule has 0 N–H and O–H groups in total. The third-order valence-corrected chi connectivity index (χ3v) is 6.01. The summed E-state index contributed by atoms with van der Waals surface area (Å²) >= 11 is 0. The highest BCUT2D eigenvalue weighted by Crippen LogP contribution is 2.41. The van der Waals surface area contributed by atoms with Crippen molar-refractivity contribution in [1.29, 1.82) is 0 Å². The Labute approximate surface area is 159 Å². The third-order valence-electron chi connectivity index (χ3n) is 6.01. The molecule has 0 radical (unpaired) electrons. The quantitative estimate of drug-likeness (QED) is 0.802. The molecule has 2 aliphatic heterocycles. The SMILES string of the molecule is Cc1ccc(C(=O)N2C3CCC2CC(n2cc(C(C)(C)C)nn2)C3)cc1F. The lowest BCUT2D eigenvalue weighted by atomic mass is 9.92. The molecule has 0 saturated carbocycles. The summed E-state index contributed by atoms with van der Waals surface area (Å²) in [7, 11) is 0. The predicted octanol–water partition coefficient (Wildman–Crippen LogP) is 4.03. The van der Waals surface area contributed by atoms with Crippen molar-refractivity contribution in [2.24, 2.45) is 0 Å². The van der Waals surface area contributed by atoms with Crippen molar-refractivity contribution in [3.8, 4) is 0 Å². The Kier molecular flexibility index (Phi) is 4.32. The second kappa shape index (κ2) is 6.43. The molecule has 2 fully saturated rings. The van der Waals surface area contributed by atoms with E-state index in [1.807, 2.05) is 9.58 Å². The van der Waals surface area contributed by atoms with Gasteiger partial charge in [0.05, 0.1) is 11.7 Å². The fraction of sp³-hybridized carbons (Fsp3) is 0.571. The molecule has 2 aromatic rings. The number of hydrogen-bond donors (Lipinski definition) is 0. The van der Waals surface area contributed by atoms with Gasteiger partial charge in [0.25, 0.3) is 5.91 Å². The Hall–Kier alpha value is -2.24. The van der Waals surface area contributed by atoms with Gasteiger partial charge in [0, 0.05) is 29.3 Å². The molecule has 2 atom stereocenters. The number of benzene rings is 1. The van der Waals surface area contributed by atoms with Crippen molar-refractivity contribution in [2.75, 3.05) is 0 Å². The number of aromatic nitrogens is 3. The van der Waals surface area contributed by atoms with Crippen LogP contribution in [0.15, 0.2) is 24.4 Å². The van der Waals surface area contributed by atoms with Gasteiger partial charge in [0.1, 0.15) is 5.82 Å². The Morgan fingerprint density at radius 2 is 1.81 bits per heavy atom. The van der Waals surface area contributed by atoms with Crippen LogP contribution >= 0.6 is 0 Å². The Balaban J connectivity index is 1.53. The zero-order valence-electron chi connectivity index (χ0n) is 16.4. The molecule has 1 aromatic heterocycles. The summed E-state index contributed by atoms with van der Waals surface area (Å²) < 4.78 is 15.9. The molecule has 5 nitrogen and oxygen atoms in total. The maximum atomic E-state index is 13.9. The molecule has 144 valence electrons. The Bertz CT molecular complexity index is 855. The first kappa shape index (κ1) is 18.1. The van der Waals surface area contributed by atoms with Crippen molar-refractivity contribution in [1.82, 2.24) is 19.9 Å². The van der Waals surface area contributed by atoms with Crippen LogP contribution in [0.4, 0.5) is 4.39 Å². The van der Waals surface area contributed by atoms with E-state index in [9.17, 15) is 9.18 Å². The molecule has 2 aliphatic rings. The first-order valence-electron chi connectivity index (χ1n) is 9.75. The van der Waals surface area contributed by atoms with Crippen molar-refractivity contribution in [3.63, 3.8) is 0 Å². The monoisotopic (exact) mass is 370 g/mol. The first-order valence-corrected chi connectivity index (χ1v) is 9.75. The van der Waals surface area contributed by atoms with Crippen LogP contribution in [0.1, 0.15) is 74.1 Å². The number of aryl methyl sites for hydroxylation is 1. The second-order valence-electron chi connectivity index (χ2n) is 9.02. The number of carbonyl (C=O) groups is 1. The van der Waals surface area contributed by atoms with E-state index in [1.165, 1.54) is 6.07 Å². The lowest BCUT2D eigenvalue weighted by molar-refractivity contribution is 0.0522. The number of rotatable bonds is 2. The van der Waals surface area contributed by atoms with Crippen LogP contribution in [-0.4, -0.2) is 37.9 Å². The molecule has 2 bridgehead atoms. The van der Waals surface area contributed by atoms with Gasteiger partial charge in [0.2, 0.25) is 0 Å². The van der Waals surface area contributed by atoms with Crippen LogP contribution in [-0.2, 0) is 5.41 Å². The maximum absolute atomic E-state index is 13.9. The van der Waals surface area contributed by atoms with Crippen molar-refractivity contribution < 1.29 is 9.18 Å². The minimum absolute atomic E-state index is 0.0244. The van der Waals surface area contributed by atoms with Crippen LogP contribution in [0.3, 0.4) is 0 Å². The van der Waals surface area contributed by atoms with E-state index < -0.39 is 0 Å². The number of carbonyl (C=O) groups excluding carboxylic acids is 1. The van der Waals surface area contributed by atoms with Gasteiger partial charge < -0.3 is 4.90 Å². The topological polar surface area (TPSA) is 51.0 Å². The molecule has 0 spiro atoms. The summed E-state index contributed by atoms with van der Waals surface area (Å²) in [6.45, 7) is 8.11. The summed E-state index contributed by atoms with van der Waals surface area (Å²) in [5, 5.41) is 8.71. The predicted molar refractivity (Wildman–Crippen MR) is 101 cm³/mol. The fourth-order valence-corrected chi connectivity index (χ4v) is 4.37. The van der Waals surface area contributed by atoms with Gasteiger partial charge in [-0.3, -0.25) is 4.79 Å². The van der Waals surface area contributed by atoms with Gasteiger partial charge in [-0.05, 0) is 50.3 Å². The van der Waals surface area contributed by atoms with Gasteiger partial charge in [-0.25, -0.2) is 9.07 Å². The average Bonchev–Trinajstić information content (AvgIpc) is 3.20. The van der Waals surface area contributed by atoms with Gasteiger partial charge in [-0.15, -0.1) is 5.10 Å². The van der Waals surface area contributed by atoms with Crippen molar-refractivity contribution in [3.05, 3.63) is 47.0 Å². The minimum Gasteiger partial charge on any atom is -0.333 e. The van der Waals surface area contributed by atoms with E-state index in [-0.39, 0.29) is 35.3 Å². The number of amides is 1. The van der Waals surface area contributed by atoms with E-state index in [4.69, 9.17) is 0 Å². The molecule has 3 heterocycles. The molecular formula is C21H27FN4O. The normalized spacial score (nSPS) is 25.1. The number of nitrogens with zero attached hydrogens (tertiary/aromatic N) is 4. The zero-order valence-corrected chi connectivity index (χ0v) is 16.4. The lowest BCUT2D eigenvalue weighted by Crippen LogP contribution is -2.47. The Morgan fingerprint density at radius 1 is 1.15 bits per heavy atom. The summed E-state index contributed by atoms with van der Waals surface area (Å²) in [5.41, 5.74) is 1.98. The standard InChI is InChI=1S/C21H27FN4O/c1-13-5-6-14(9-18(13)22)20(27)26-15-7-8-16(26)11-17(10-15)25-12-19(23-24-25)21(2,3)4/h5-6,9,12,15-17H,7-8,10-11H2,1-4H3. The Morgan fingerprint density at radius 3 is 2.37 bits per heavy atom. The van der Waals surface area contributed by atoms with Crippen molar-refractivity contribution in [2.45, 2.75) is 76.9 Å². The van der Waals surface area contributed by atoms with E-state index in [0.29, 0.717) is 11.1 Å². The summed E-state index contributed by atoms with van der Waals surface area (Å²) in [6.07, 6.45) is 5.81. The molecule has 27 heavy (non-hydrogen) atoms. The zero-order chi connectivity index (χ0) is 19.3. The van der Waals surface area contributed by atoms with E-state index in [1.54, 1.807) is 19.1 Å². The van der Waals surface area contributed by atoms with Gasteiger partial charge in [-0.2, -0.15) is 0 Å². The van der Waals surface area contributed by atoms with Gasteiger partial charge in [-0.1, -0.05) is 32.1 Å². The average molecular weight is 370 g/mol. The molecule has 1 aromatic carbocycles. The fourth-order valence-electron chi connectivity index (χ4n) is 4.37. The molecule has 4 rings (SSSR count). The molecule has 2 saturated heterocycles. The van der Waals surface area contributed by atoms with Crippen LogP contribution in [0.5, 0.6) is 0 Å². The number of hydrogen-bond acceptors (Lipinski definition) is 3. The summed E-state index contributed by atoms with van der Waals surface area (Å²) in [5.74, 6) is -0.366. The molecule has 6 heteroatoms. The highest BCUT2D eigenvalue weighted by molar-refractivity contribution is 5.95. The second-order valence-corrected chi connectivity index (χ2v) is 9.02. The van der Waals surface area contributed by atoms with Crippen LogP contribution in [0.2, 0.25) is 0 Å². The maximum Gasteiger partial charge on any atom is 0.254 e. The first-order chi connectivity index (χ1) is 12.7. The third kappa shape index (κ3) is 3.26. The smallest absolute Gasteiger partial charge is 0.254 e. The highest BCUT2D eigenvalue weighted by Gasteiger charge is 2.44. The molecular weight excluding hydrogens is 343 g/mol. The van der Waals surface area contributed by atoms with E-state index in [2.05, 4.69) is 37.3 Å². The number of halogens is 1. The molecule has 1 amide bonds. The van der Waals surface area contributed by atoms with Crippen molar-refractivity contribution >= 4 is 5.91 Å². The van der Waals surface area contributed by atoms with Gasteiger partial charge in [0.15, 0.2) is 0 Å². The van der Waals surface area contributed by atoms with E-state index in [0.717, 1.165) is 31.4 Å². The summed E-state index contributed by atoms with van der Waals surface area (Å²) in [4.78, 5) is 15.0. The van der Waals surface area contributed by atoms with Crippen LogP contribution in [0.25, 0.3) is 0 Å². The number of piperidine rings is 1.